The van der Waals surface area contributed by atoms with Crippen LogP contribution in [0.4, 0.5) is 0 Å². The first kappa shape index (κ1) is 9.36. The van der Waals surface area contributed by atoms with Crippen molar-refractivity contribution >= 4 is 11.3 Å². The maximum atomic E-state index is 6.01. The number of hydrogen-bond acceptors (Lipinski definition) is 4. The van der Waals surface area contributed by atoms with Crippen LogP contribution in [-0.2, 0) is 13.5 Å². The van der Waals surface area contributed by atoms with Gasteiger partial charge in [0, 0.05) is 42.8 Å². The van der Waals surface area contributed by atoms with Crippen molar-refractivity contribution in [1.29, 1.82) is 0 Å². The normalized spacial score (nSPS) is 13.0. The molecule has 0 spiro atoms. The van der Waals surface area contributed by atoms with Crippen LogP contribution in [0.25, 0.3) is 0 Å². The summed E-state index contributed by atoms with van der Waals surface area (Å²) in [5.41, 5.74) is 7.07. The summed E-state index contributed by atoms with van der Waals surface area (Å²) in [5, 5.41) is 7.12. The number of aromatic nitrogens is 3. The molecule has 0 fully saturated rings. The van der Waals surface area contributed by atoms with Crippen molar-refractivity contribution in [3.63, 3.8) is 0 Å². The number of nitrogens with two attached hydrogens (primary N) is 1. The molecule has 0 amide bonds. The van der Waals surface area contributed by atoms with Crippen molar-refractivity contribution in [2.75, 3.05) is 0 Å². The molecule has 2 aromatic rings. The Hall–Kier alpha value is -1.20. The Kier molecular flexibility index (Phi) is 2.60. The van der Waals surface area contributed by atoms with Gasteiger partial charge in [-0.1, -0.05) is 0 Å². The standard InChI is InChI=1S/C9H12N4S/c1-13-6-7(5-12-13)8(10)4-9-11-2-3-14-9/h2-3,5-6,8H,4,10H2,1H3. The molecule has 0 aliphatic carbocycles. The molecule has 1 unspecified atom stereocenters. The van der Waals surface area contributed by atoms with Gasteiger partial charge in [-0.2, -0.15) is 5.10 Å². The Morgan fingerprint density at radius 1 is 1.64 bits per heavy atom. The van der Waals surface area contributed by atoms with E-state index in [1.165, 1.54) is 0 Å². The van der Waals surface area contributed by atoms with Gasteiger partial charge in [-0.05, 0) is 0 Å². The minimum absolute atomic E-state index is 0.00477. The third kappa shape index (κ3) is 2.00. The number of hydrogen-bond donors (Lipinski definition) is 1. The number of aryl methyl sites for hydroxylation is 1. The number of nitrogens with zero attached hydrogens (tertiary/aromatic N) is 3. The van der Waals surface area contributed by atoms with E-state index in [-0.39, 0.29) is 6.04 Å². The maximum absolute atomic E-state index is 6.01. The zero-order chi connectivity index (χ0) is 9.97. The molecule has 0 aromatic carbocycles. The molecule has 0 radical (unpaired) electrons. The predicted molar refractivity (Wildman–Crippen MR) is 56.0 cm³/mol. The molecular formula is C9H12N4S. The summed E-state index contributed by atoms with van der Waals surface area (Å²) in [6.07, 6.45) is 6.33. The molecule has 74 valence electrons. The first-order valence-corrected chi connectivity index (χ1v) is 5.26. The van der Waals surface area contributed by atoms with Crippen LogP contribution in [0.1, 0.15) is 16.6 Å². The van der Waals surface area contributed by atoms with E-state index < -0.39 is 0 Å². The van der Waals surface area contributed by atoms with Crippen molar-refractivity contribution < 1.29 is 0 Å². The van der Waals surface area contributed by atoms with E-state index in [9.17, 15) is 0 Å². The van der Waals surface area contributed by atoms with Crippen LogP contribution >= 0.6 is 11.3 Å². The third-order valence-corrected chi connectivity index (χ3v) is 2.83. The number of thiazole rings is 1. The lowest BCUT2D eigenvalue weighted by Gasteiger charge is -2.05. The first-order chi connectivity index (χ1) is 6.75. The van der Waals surface area contributed by atoms with Gasteiger partial charge >= 0.3 is 0 Å². The van der Waals surface area contributed by atoms with E-state index in [1.807, 2.05) is 18.6 Å². The molecule has 0 aliphatic heterocycles. The minimum atomic E-state index is -0.00477. The molecular weight excluding hydrogens is 196 g/mol. The van der Waals surface area contributed by atoms with Crippen LogP contribution in [0.15, 0.2) is 24.0 Å². The predicted octanol–water partition coefficient (Wildman–Crippen LogP) is 1.12. The molecule has 2 N–H and O–H groups in total. The summed E-state index contributed by atoms with van der Waals surface area (Å²) in [7, 11) is 1.89. The van der Waals surface area contributed by atoms with E-state index in [1.54, 1.807) is 28.4 Å². The highest BCUT2D eigenvalue weighted by Crippen LogP contribution is 2.16. The topological polar surface area (TPSA) is 56.7 Å². The van der Waals surface area contributed by atoms with Gasteiger partial charge in [-0.3, -0.25) is 4.68 Å². The van der Waals surface area contributed by atoms with Crippen LogP contribution in [0.2, 0.25) is 0 Å². The lowest BCUT2D eigenvalue weighted by Crippen LogP contribution is -2.12. The lowest BCUT2D eigenvalue weighted by atomic mass is 10.1. The Morgan fingerprint density at radius 3 is 3.07 bits per heavy atom. The molecule has 0 bridgehead atoms. The highest BCUT2D eigenvalue weighted by molar-refractivity contribution is 7.09. The van der Waals surface area contributed by atoms with E-state index in [0.29, 0.717) is 0 Å². The van der Waals surface area contributed by atoms with Gasteiger partial charge < -0.3 is 5.73 Å². The molecule has 5 heteroatoms. The fraction of sp³-hybridized carbons (Fsp3) is 0.333. The Bertz CT molecular complexity index is 393. The Morgan fingerprint density at radius 2 is 2.50 bits per heavy atom. The van der Waals surface area contributed by atoms with Gasteiger partial charge in [-0.25, -0.2) is 4.98 Å². The average molecular weight is 208 g/mol. The monoisotopic (exact) mass is 208 g/mol. The second-order valence-electron chi connectivity index (χ2n) is 3.18. The van der Waals surface area contributed by atoms with Crippen molar-refractivity contribution in [3.8, 4) is 0 Å². The highest BCUT2D eigenvalue weighted by Gasteiger charge is 2.09. The molecule has 14 heavy (non-hydrogen) atoms. The molecule has 0 saturated carbocycles. The average Bonchev–Trinajstić information content (AvgIpc) is 2.75. The van der Waals surface area contributed by atoms with Gasteiger partial charge in [0.05, 0.1) is 11.2 Å². The molecule has 4 nitrogen and oxygen atoms in total. The fourth-order valence-corrected chi connectivity index (χ4v) is 1.97. The maximum Gasteiger partial charge on any atom is 0.0943 e. The van der Waals surface area contributed by atoms with Gasteiger partial charge in [0.1, 0.15) is 0 Å². The molecule has 0 saturated heterocycles. The van der Waals surface area contributed by atoms with E-state index in [0.717, 1.165) is 17.0 Å². The Balaban J connectivity index is 2.06. The van der Waals surface area contributed by atoms with Crippen LogP contribution in [0, 0.1) is 0 Å². The van der Waals surface area contributed by atoms with Gasteiger partial charge in [0.25, 0.3) is 0 Å². The summed E-state index contributed by atoms with van der Waals surface area (Å²) in [6, 6.07) is -0.00477. The second-order valence-corrected chi connectivity index (χ2v) is 4.16. The molecule has 2 rings (SSSR count). The van der Waals surface area contributed by atoms with Crippen LogP contribution in [-0.4, -0.2) is 14.8 Å². The van der Waals surface area contributed by atoms with Crippen LogP contribution < -0.4 is 5.73 Å². The lowest BCUT2D eigenvalue weighted by molar-refractivity contribution is 0.713. The zero-order valence-corrected chi connectivity index (χ0v) is 8.74. The van der Waals surface area contributed by atoms with Gasteiger partial charge in [-0.15, -0.1) is 11.3 Å². The van der Waals surface area contributed by atoms with Crippen molar-refractivity contribution in [2.45, 2.75) is 12.5 Å². The zero-order valence-electron chi connectivity index (χ0n) is 7.92. The van der Waals surface area contributed by atoms with Crippen molar-refractivity contribution in [2.24, 2.45) is 12.8 Å². The first-order valence-electron chi connectivity index (χ1n) is 4.38. The second kappa shape index (κ2) is 3.89. The molecule has 1 atom stereocenters. The third-order valence-electron chi connectivity index (χ3n) is 2.03. The van der Waals surface area contributed by atoms with Crippen LogP contribution in [0.3, 0.4) is 0 Å². The fourth-order valence-electron chi connectivity index (χ4n) is 1.29. The summed E-state index contributed by atoms with van der Waals surface area (Å²) in [4.78, 5) is 4.20. The van der Waals surface area contributed by atoms with Gasteiger partial charge in [0.15, 0.2) is 0 Å². The van der Waals surface area contributed by atoms with Crippen molar-refractivity contribution in [1.82, 2.24) is 14.8 Å². The summed E-state index contributed by atoms with van der Waals surface area (Å²) in [6.45, 7) is 0. The quantitative estimate of drug-likeness (QED) is 0.822. The van der Waals surface area contributed by atoms with E-state index >= 15 is 0 Å². The molecule has 2 heterocycles. The van der Waals surface area contributed by atoms with Crippen LogP contribution in [0.5, 0.6) is 0 Å². The van der Waals surface area contributed by atoms with Gasteiger partial charge in [0.2, 0.25) is 0 Å². The summed E-state index contributed by atoms with van der Waals surface area (Å²) >= 11 is 1.63. The summed E-state index contributed by atoms with van der Waals surface area (Å²) in [5.74, 6) is 0. The van der Waals surface area contributed by atoms with E-state index in [4.69, 9.17) is 5.73 Å². The molecule has 0 aliphatic rings. The highest BCUT2D eigenvalue weighted by atomic mass is 32.1. The molecule has 2 aromatic heterocycles. The minimum Gasteiger partial charge on any atom is -0.324 e. The Labute approximate surface area is 86.4 Å². The number of rotatable bonds is 3. The SMILES string of the molecule is Cn1cc(C(N)Cc2nccs2)cn1. The largest absolute Gasteiger partial charge is 0.324 e. The van der Waals surface area contributed by atoms with E-state index in [2.05, 4.69) is 10.1 Å². The smallest absolute Gasteiger partial charge is 0.0943 e. The van der Waals surface area contributed by atoms with Crippen molar-refractivity contribution in [3.05, 3.63) is 34.5 Å². The summed E-state index contributed by atoms with van der Waals surface area (Å²) < 4.78 is 1.76.